The molecule has 0 saturated carbocycles. The van der Waals surface area contributed by atoms with Crippen LogP contribution in [0.1, 0.15) is 55.1 Å². The highest BCUT2D eigenvalue weighted by molar-refractivity contribution is 5.92. The molecule has 0 bridgehead atoms. The Morgan fingerprint density at radius 2 is 2.08 bits per heavy atom. The lowest BCUT2D eigenvalue weighted by Crippen LogP contribution is -2.37. The number of amides is 2. The van der Waals surface area contributed by atoms with Crippen LogP contribution in [0.4, 0.5) is 0 Å². The molecule has 7 heteroatoms. The Labute approximate surface area is 142 Å². The molecule has 2 fully saturated rings. The van der Waals surface area contributed by atoms with Crippen LogP contribution in [0.2, 0.25) is 0 Å². The smallest absolute Gasteiger partial charge is 0.271 e. The highest BCUT2D eigenvalue weighted by Gasteiger charge is 2.19. The molecule has 3 rings (SSSR count). The molecule has 1 unspecified atom stereocenters. The van der Waals surface area contributed by atoms with Crippen LogP contribution in [0.25, 0.3) is 0 Å². The molecular weight excluding hydrogens is 306 g/mol. The van der Waals surface area contributed by atoms with Gasteiger partial charge in [-0.15, -0.1) is 0 Å². The summed E-state index contributed by atoms with van der Waals surface area (Å²) in [6, 6.07) is 2.07. The van der Waals surface area contributed by atoms with Crippen LogP contribution in [0, 0.1) is 0 Å². The van der Waals surface area contributed by atoms with Crippen molar-refractivity contribution in [3.63, 3.8) is 0 Å². The van der Waals surface area contributed by atoms with Crippen molar-refractivity contribution in [1.29, 1.82) is 0 Å². The van der Waals surface area contributed by atoms with E-state index in [-0.39, 0.29) is 11.8 Å². The molecule has 1 aromatic rings. The fourth-order valence-electron chi connectivity index (χ4n) is 3.40. The lowest BCUT2D eigenvalue weighted by molar-refractivity contribution is -0.131. The number of nitrogens with zero attached hydrogens (tertiary/aromatic N) is 3. The minimum atomic E-state index is -0.205. The first-order chi connectivity index (χ1) is 11.7. The summed E-state index contributed by atoms with van der Waals surface area (Å²) in [6.07, 6.45) is 7.83. The third-order valence-corrected chi connectivity index (χ3v) is 4.82. The van der Waals surface area contributed by atoms with E-state index >= 15 is 0 Å². The second kappa shape index (κ2) is 8.28. The molecular formula is C17H27N5O2. The number of piperidine rings is 2. The minimum absolute atomic E-state index is 0.133. The second-order valence-electron chi connectivity index (χ2n) is 6.63. The van der Waals surface area contributed by atoms with E-state index in [0.717, 1.165) is 51.9 Å². The molecule has 24 heavy (non-hydrogen) atoms. The van der Waals surface area contributed by atoms with Crippen LogP contribution in [-0.2, 0) is 4.79 Å². The van der Waals surface area contributed by atoms with Crippen LogP contribution in [0.5, 0.6) is 0 Å². The van der Waals surface area contributed by atoms with Gasteiger partial charge in [0.25, 0.3) is 5.91 Å². The molecule has 2 aliphatic rings. The van der Waals surface area contributed by atoms with E-state index < -0.39 is 0 Å². The third kappa shape index (κ3) is 4.35. The van der Waals surface area contributed by atoms with E-state index in [2.05, 4.69) is 15.7 Å². The minimum Gasteiger partial charge on any atom is -0.350 e. The lowest BCUT2D eigenvalue weighted by Gasteiger charge is -2.26. The number of carbonyl (C=O) groups excluding carboxylic acids is 2. The Balaban J connectivity index is 1.43. The van der Waals surface area contributed by atoms with Crippen LogP contribution in [-0.4, -0.2) is 59.2 Å². The largest absolute Gasteiger partial charge is 0.350 e. The SMILES string of the molecule is O=C(NCCC(=O)N1CCCCC1)c1ccn(C2CCCNC2)n1. The topological polar surface area (TPSA) is 79.3 Å². The van der Waals surface area contributed by atoms with Crippen LogP contribution in [0.15, 0.2) is 12.3 Å². The number of rotatable bonds is 5. The second-order valence-corrected chi connectivity index (χ2v) is 6.63. The van der Waals surface area contributed by atoms with Gasteiger partial charge in [-0.05, 0) is 44.7 Å². The van der Waals surface area contributed by atoms with Crippen molar-refractivity contribution in [3.05, 3.63) is 18.0 Å². The summed E-state index contributed by atoms with van der Waals surface area (Å²) in [5, 5.41) is 10.5. The zero-order valence-corrected chi connectivity index (χ0v) is 14.2. The molecule has 2 amide bonds. The summed E-state index contributed by atoms with van der Waals surface area (Å²) < 4.78 is 1.87. The number of likely N-dealkylation sites (tertiary alicyclic amines) is 1. The summed E-state index contributed by atoms with van der Waals surface area (Å²) in [4.78, 5) is 26.1. The maximum absolute atomic E-state index is 12.2. The van der Waals surface area contributed by atoms with E-state index in [1.165, 1.54) is 6.42 Å². The molecule has 0 spiro atoms. The molecule has 1 aromatic heterocycles. The van der Waals surface area contributed by atoms with Gasteiger partial charge in [0, 0.05) is 38.8 Å². The maximum Gasteiger partial charge on any atom is 0.271 e. The average Bonchev–Trinajstić information content (AvgIpc) is 3.13. The summed E-state index contributed by atoms with van der Waals surface area (Å²) in [6.45, 7) is 4.02. The third-order valence-electron chi connectivity index (χ3n) is 4.82. The monoisotopic (exact) mass is 333 g/mol. The van der Waals surface area contributed by atoms with Crippen molar-refractivity contribution in [2.45, 2.75) is 44.6 Å². The van der Waals surface area contributed by atoms with Crippen molar-refractivity contribution in [3.8, 4) is 0 Å². The highest BCUT2D eigenvalue weighted by Crippen LogP contribution is 2.15. The number of aromatic nitrogens is 2. The van der Waals surface area contributed by atoms with Gasteiger partial charge in [0.1, 0.15) is 5.69 Å². The summed E-state index contributed by atoms with van der Waals surface area (Å²) >= 11 is 0. The molecule has 7 nitrogen and oxygen atoms in total. The van der Waals surface area contributed by atoms with Gasteiger partial charge in [0.15, 0.2) is 0 Å². The molecule has 0 aliphatic carbocycles. The van der Waals surface area contributed by atoms with E-state index in [1.807, 2.05) is 15.8 Å². The maximum atomic E-state index is 12.2. The van der Waals surface area contributed by atoms with Crippen LogP contribution >= 0.6 is 0 Å². The van der Waals surface area contributed by atoms with Gasteiger partial charge in [-0.1, -0.05) is 0 Å². The predicted molar refractivity (Wildman–Crippen MR) is 90.7 cm³/mol. The first-order valence-corrected chi connectivity index (χ1v) is 9.06. The normalized spacial score (nSPS) is 21.5. The number of hydrogen-bond acceptors (Lipinski definition) is 4. The van der Waals surface area contributed by atoms with Gasteiger partial charge in [0.05, 0.1) is 6.04 Å². The first-order valence-electron chi connectivity index (χ1n) is 9.06. The Kier molecular flexibility index (Phi) is 5.85. The Morgan fingerprint density at radius 1 is 1.25 bits per heavy atom. The van der Waals surface area contributed by atoms with Gasteiger partial charge < -0.3 is 15.5 Å². The molecule has 3 heterocycles. The number of hydrogen-bond donors (Lipinski definition) is 2. The van der Waals surface area contributed by atoms with Crippen LogP contribution < -0.4 is 10.6 Å². The van der Waals surface area contributed by atoms with Gasteiger partial charge >= 0.3 is 0 Å². The molecule has 2 aliphatic heterocycles. The Hall–Kier alpha value is -1.89. The Bertz CT molecular complexity index is 559. The lowest BCUT2D eigenvalue weighted by atomic mass is 10.1. The predicted octanol–water partition coefficient (Wildman–Crippen LogP) is 0.940. The fourth-order valence-corrected chi connectivity index (χ4v) is 3.40. The molecule has 2 saturated heterocycles. The summed E-state index contributed by atoms with van der Waals surface area (Å²) in [5.74, 6) is -0.0715. The average molecular weight is 333 g/mol. The molecule has 2 N–H and O–H groups in total. The quantitative estimate of drug-likeness (QED) is 0.840. The van der Waals surface area contributed by atoms with E-state index in [0.29, 0.717) is 24.7 Å². The summed E-state index contributed by atoms with van der Waals surface area (Å²) in [7, 11) is 0. The summed E-state index contributed by atoms with van der Waals surface area (Å²) in [5.41, 5.74) is 0.422. The Morgan fingerprint density at radius 3 is 2.83 bits per heavy atom. The van der Waals surface area contributed by atoms with Crippen LogP contribution in [0.3, 0.4) is 0 Å². The first kappa shape index (κ1) is 17.0. The van der Waals surface area contributed by atoms with Crippen molar-refractivity contribution in [2.24, 2.45) is 0 Å². The van der Waals surface area contributed by atoms with E-state index in [9.17, 15) is 9.59 Å². The van der Waals surface area contributed by atoms with Gasteiger partial charge in [-0.25, -0.2) is 0 Å². The van der Waals surface area contributed by atoms with Crippen molar-refractivity contribution < 1.29 is 9.59 Å². The molecule has 132 valence electrons. The molecule has 0 radical (unpaired) electrons. The zero-order chi connectivity index (χ0) is 16.8. The fraction of sp³-hybridized carbons (Fsp3) is 0.706. The van der Waals surface area contributed by atoms with Crippen molar-refractivity contribution in [2.75, 3.05) is 32.7 Å². The van der Waals surface area contributed by atoms with E-state index in [1.54, 1.807) is 6.07 Å². The molecule has 1 atom stereocenters. The zero-order valence-electron chi connectivity index (χ0n) is 14.2. The number of nitrogens with one attached hydrogen (secondary N) is 2. The van der Waals surface area contributed by atoms with Crippen molar-refractivity contribution >= 4 is 11.8 Å². The van der Waals surface area contributed by atoms with Gasteiger partial charge in [-0.2, -0.15) is 5.10 Å². The molecule has 0 aromatic carbocycles. The standard InChI is InChI=1S/C17H27N5O2/c23-16(21-10-2-1-3-11-21)6-9-19-17(24)15-7-12-22(20-15)14-5-4-8-18-13-14/h7,12,14,18H,1-6,8-11,13H2,(H,19,24). The highest BCUT2D eigenvalue weighted by atomic mass is 16.2. The van der Waals surface area contributed by atoms with Gasteiger partial charge in [0.2, 0.25) is 5.91 Å². The van der Waals surface area contributed by atoms with Gasteiger partial charge in [-0.3, -0.25) is 14.3 Å². The van der Waals surface area contributed by atoms with E-state index in [4.69, 9.17) is 0 Å². The number of carbonyl (C=O) groups is 2. The van der Waals surface area contributed by atoms with Crippen molar-refractivity contribution in [1.82, 2.24) is 25.3 Å².